The van der Waals surface area contributed by atoms with E-state index in [-0.39, 0.29) is 0 Å². The molecule has 1 heterocycles. The number of benzene rings is 1. The zero-order valence-corrected chi connectivity index (χ0v) is 11.3. The normalized spacial score (nSPS) is 15.4. The molecule has 0 saturated heterocycles. The van der Waals surface area contributed by atoms with Gasteiger partial charge in [0.05, 0.1) is 6.54 Å². The molecule has 3 rings (SSSR count). The van der Waals surface area contributed by atoms with Crippen molar-refractivity contribution >= 4 is 11.0 Å². The van der Waals surface area contributed by atoms with Crippen molar-refractivity contribution in [2.75, 3.05) is 7.05 Å². The minimum atomic E-state index is 0.742. The molecule has 1 aliphatic carbocycles. The van der Waals surface area contributed by atoms with Gasteiger partial charge in [-0.05, 0) is 49.9 Å². The Kier molecular flexibility index (Phi) is 3.13. The average molecular weight is 243 g/mol. The van der Waals surface area contributed by atoms with Crippen molar-refractivity contribution in [3.63, 3.8) is 0 Å². The summed E-state index contributed by atoms with van der Waals surface area (Å²) in [6, 6.07) is 6.69. The van der Waals surface area contributed by atoms with Gasteiger partial charge < -0.3 is 9.73 Å². The van der Waals surface area contributed by atoms with Gasteiger partial charge in [-0.15, -0.1) is 0 Å². The Morgan fingerprint density at radius 3 is 2.83 bits per heavy atom. The molecular weight excluding hydrogens is 222 g/mol. The van der Waals surface area contributed by atoms with Gasteiger partial charge in [-0.2, -0.15) is 0 Å². The molecule has 96 valence electrons. The molecule has 0 amide bonds. The molecule has 1 aromatic heterocycles. The smallest absolute Gasteiger partial charge is 0.134 e. The molecule has 0 radical (unpaired) electrons. The summed E-state index contributed by atoms with van der Waals surface area (Å²) < 4.78 is 6.01. The van der Waals surface area contributed by atoms with E-state index in [1.807, 2.05) is 7.05 Å². The third-order valence-corrected chi connectivity index (χ3v) is 3.73. The van der Waals surface area contributed by atoms with Gasteiger partial charge in [0, 0.05) is 10.9 Å². The van der Waals surface area contributed by atoms with E-state index in [0.29, 0.717) is 0 Å². The third kappa shape index (κ3) is 2.05. The molecule has 2 aromatic rings. The van der Waals surface area contributed by atoms with Gasteiger partial charge in [0.25, 0.3) is 0 Å². The van der Waals surface area contributed by atoms with Gasteiger partial charge in [-0.3, -0.25) is 0 Å². The fourth-order valence-corrected chi connectivity index (χ4v) is 2.77. The van der Waals surface area contributed by atoms with Crippen LogP contribution in [0.25, 0.3) is 11.0 Å². The molecule has 0 spiro atoms. The lowest BCUT2D eigenvalue weighted by Gasteiger charge is -2.01. The van der Waals surface area contributed by atoms with E-state index in [1.165, 1.54) is 35.8 Å². The molecule has 1 N–H and O–H groups in total. The summed E-state index contributed by atoms with van der Waals surface area (Å²) in [5, 5.41) is 4.57. The highest BCUT2D eigenvalue weighted by Crippen LogP contribution is 2.46. The van der Waals surface area contributed by atoms with Crippen LogP contribution in [0.15, 0.2) is 22.6 Å². The van der Waals surface area contributed by atoms with E-state index in [2.05, 4.69) is 30.4 Å². The second kappa shape index (κ2) is 4.77. The van der Waals surface area contributed by atoms with E-state index in [0.717, 1.165) is 30.2 Å². The topological polar surface area (TPSA) is 25.2 Å². The average Bonchev–Trinajstić information content (AvgIpc) is 3.13. The number of rotatable bonds is 5. The fourth-order valence-electron chi connectivity index (χ4n) is 2.77. The van der Waals surface area contributed by atoms with Crippen LogP contribution in [-0.4, -0.2) is 7.05 Å². The number of aryl methyl sites for hydroxylation is 1. The zero-order chi connectivity index (χ0) is 12.5. The van der Waals surface area contributed by atoms with E-state index < -0.39 is 0 Å². The van der Waals surface area contributed by atoms with Crippen LogP contribution < -0.4 is 5.32 Å². The third-order valence-electron chi connectivity index (χ3n) is 3.73. The van der Waals surface area contributed by atoms with Crippen LogP contribution in [0.3, 0.4) is 0 Å². The van der Waals surface area contributed by atoms with Gasteiger partial charge in [0.1, 0.15) is 11.3 Å². The Hall–Kier alpha value is -1.28. The maximum Gasteiger partial charge on any atom is 0.134 e. The summed E-state index contributed by atoms with van der Waals surface area (Å²) in [5.74, 6) is 1.88. The second-order valence-electron chi connectivity index (χ2n) is 5.32. The Bertz CT molecular complexity index is 551. The highest BCUT2D eigenvalue weighted by atomic mass is 16.3. The first kappa shape index (κ1) is 11.8. The monoisotopic (exact) mass is 243 g/mol. The predicted octanol–water partition coefficient (Wildman–Crippen LogP) is 3.98. The van der Waals surface area contributed by atoms with E-state index in [9.17, 15) is 0 Å². The first-order valence-corrected chi connectivity index (χ1v) is 7.02. The van der Waals surface area contributed by atoms with Crippen molar-refractivity contribution in [3.8, 4) is 0 Å². The summed E-state index contributed by atoms with van der Waals surface area (Å²) in [6.45, 7) is 3.07. The second-order valence-corrected chi connectivity index (χ2v) is 5.32. The van der Waals surface area contributed by atoms with Crippen LogP contribution in [0.4, 0.5) is 0 Å². The quantitative estimate of drug-likeness (QED) is 0.859. The van der Waals surface area contributed by atoms with Crippen molar-refractivity contribution in [1.29, 1.82) is 0 Å². The number of furan rings is 1. The maximum atomic E-state index is 6.01. The predicted molar refractivity (Wildman–Crippen MR) is 74.9 cm³/mol. The first-order chi connectivity index (χ1) is 8.83. The summed E-state index contributed by atoms with van der Waals surface area (Å²) in [6.07, 6.45) is 5.00. The van der Waals surface area contributed by atoms with E-state index in [4.69, 9.17) is 4.42 Å². The number of hydrogen-bond donors (Lipinski definition) is 1. The van der Waals surface area contributed by atoms with Crippen LogP contribution in [0.1, 0.15) is 49.0 Å². The molecular formula is C16H21NO. The van der Waals surface area contributed by atoms with Crippen molar-refractivity contribution in [2.24, 2.45) is 0 Å². The zero-order valence-electron chi connectivity index (χ0n) is 11.3. The molecule has 0 bridgehead atoms. The van der Waals surface area contributed by atoms with Gasteiger partial charge in [0.2, 0.25) is 0 Å². The highest BCUT2D eigenvalue weighted by molar-refractivity contribution is 5.84. The van der Waals surface area contributed by atoms with Crippen molar-refractivity contribution < 1.29 is 4.42 Å². The molecule has 1 fully saturated rings. The van der Waals surface area contributed by atoms with Crippen LogP contribution >= 0.6 is 0 Å². The van der Waals surface area contributed by atoms with Gasteiger partial charge in [0.15, 0.2) is 0 Å². The molecule has 0 atom stereocenters. The van der Waals surface area contributed by atoms with Crippen LogP contribution in [-0.2, 0) is 13.0 Å². The van der Waals surface area contributed by atoms with Crippen LogP contribution in [0, 0.1) is 0 Å². The largest absolute Gasteiger partial charge is 0.459 e. The Morgan fingerprint density at radius 2 is 2.17 bits per heavy atom. The lowest BCUT2D eigenvalue weighted by Crippen LogP contribution is -2.05. The molecule has 1 aromatic carbocycles. The molecule has 0 unspecified atom stereocenters. The molecule has 2 heteroatoms. The maximum absolute atomic E-state index is 6.01. The molecule has 18 heavy (non-hydrogen) atoms. The van der Waals surface area contributed by atoms with Crippen molar-refractivity contribution in [2.45, 2.75) is 45.1 Å². The van der Waals surface area contributed by atoms with Gasteiger partial charge >= 0.3 is 0 Å². The minimum Gasteiger partial charge on any atom is -0.459 e. The van der Waals surface area contributed by atoms with Gasteiger partial charge in [-0.1, -0.05) is 19.4 Å². The molecule has 1 saturated carbocycles. The Morgan fingerprint density at radius 1 is 1.33 bits per heavy atom. The lowest BCUT2D eigenvalue weighted by atomic mass is 10.0. The van der Waals surface area contributed by atoms with E-state index >= 15 is 0 Å². The lowest BCUT2D eigenvalue weighted by molar-refractivity contribution is 0.524. The fraction of sp³-hybridized carbons (Fsp3) is 0.500. The number of nitrogens with one attached hydrogen (secondary N) is 1. The summed E-state index contributed by atoms with van der Waals surface area (Å²) in [5.41, 5.74) is 3.96. The van der Waals surface area contributed by atoms with Gasteiger partial charge in [-0.25, -0.2) is 0 Å². The Labute approximate surface area is 108 Å². The first-order valence-electron chi connectivity index (χ1n) is 7.02. The van der Waals surface area contributed by atoms with Crippen molar-refractivity contribution in [1.82, 2.24) is 5.32 Å². The number of fused-ring (bicyclic) bond motifs is 1. The van der Waals surface area contributed by atoms with Crippen LogP contribution in [0.5, 0.6) is 0 Å². The summed E-state index contributed by atoms with van der Waals surface area (Å²) >= 11 is 0. The Balaban J connectivity index is 2.10. The van der Waals surface area contributed by atoms with Crippen molar-refractivity contribution in [3.05, 3.63) is 35.1 Å². The standard InChI is InChI=1S/C16H21NO/c1-3-4-11-5-8-14-13(9-11)16(12-6-7-12)15(18-14)10-17-2/h5,8-9,12,17H,3-4,6-7,10H2,1-2H3. The SMILES string of the molecule is CCCc1ccc2oc(CNC)c(C3CC3)c2c1. The molecule has 0 aliphatic heterocycles. The summed E-state index contributed by atoms with van der Waals surface area (Å²) in [7, 11) is 1.98. The highest BCUT2D eigenvalue weighted by Gasteiger charge is 2.30. The molecule has 2 nitrogen and oxygen atoms in total. The van der Waals surface area contributed by atoms with E-state index in [1.54, 1.807) is 0 Å². The minimum absolute atomic E-state index is 0.742. The molecule has 1 aliphatic rings. The van der Waals surface area contributed by atoms with Crippen LogP contribution in [0.2, 0.25) is 0 Å². The summed E-state index contributed by atoms with van der Waals surface area (Å²) in [4.78, 5) is 0. The number of hydrogen-bond acceptors (Lipinski definition) is 2.